The third-order valence-corrected chi connectivity index (χ3v) is 8.57. The Morgan fingerprint density at radius 2 is 0.939 bits per heavy atom. The Balaban J connectivity index is 0.000000191. The van der Waals surface area contributed by atoms with E-state index in [1.807, 2.05) is 140 Å². The first-order valence-electron chi connectivity index (χ1n) is 16.4. The molecule has 0 amide bonds. The van der Waals surface area contributed by atoms with Gasteiger partial charge in [-0.3, -0.25) is 5.32 Å². The summed E-state index contributed by atoms with van der Waals surface area (Å²) in [7, 11) is 0. The van der Waals surface area contributed by atoms with Crippen LogP contribution >= 0.6 is 0 Å². The zero-order valence-electron chi connectivity index (χ0n) is 27.6. The SMILES string of the molecule is Nc1ccccc1C(NCCO)(c1ccccc1)c1ccccc1N.Nc1ccccc1N(CCO)C(c1ccccc1)c1ccccc1. The zero-order chi connectivity index (χ0) is 34.5. The molecule has 7 heteroatoms. The number of nitrogens with zero attached hydrogens (tertiary/aromatic N) is 1. The minimum Gasteiger partial charge on any atom is -0.398 e. The fourth-order valence-corrected chi connectivity index (χ4v) is 6.43. The summed E-state index contributed by atoms with van der Waals surface area (Å²) < 4.78 is 0. The molecule has 0 aromatic heterocycles. The average molecular weight is 652 g/mol. The normalized spacial score (nSPS) is 11.1. The standard InChI is InChI=1S/C21H23N3O.C21H22N2O/c22-19-12-6-4-10-17(19)21(24-14-15-25,16-8-2-1-3-9-16)18-11-5-7-13-20(18)23;22-19-13-7-8-14-20(19)23(15-16-24)21(17-9-3-1-4-10-17)18-11-5-2-6-12-18/h1-13,24-25H,14-15,22-23H2;1-14,21,24H,15-16,22H2. The highest BCUT2D eigenvalue weighted by molar-refractivity contribution is 5.69. The van der Waals surface area contributed by atoms with E-state index in [1.165, 1.54) is 11.1 Å². The maximum Gasteiger partial charge on any atom is 0.0988 e. The number of benzene rings is 6. The van der Waals surface area contributed by atoms with Crippen molar-refractivity contribution in [3.8, 4) is 0 Å². The van der Waals surface area contributed by atoms with Gasteiger partial charge >= 0.3 is 0 Å². The summed E-state index contributed by atoms with van der Waals surface area (Å²) in [6, 6.07) is 54.0. The predicted octanol–water partition coefficient (Wildman–Crippen LogP) is 6.58. The van der Waals surface area contributed by atoms with Crippen molar-refractivity contribution in [2.45, 2.75) is 11.6 Å². The maximum absolute atomic E-state index is 9.65. The maximum atomic E-state index is 9.65. The number of nitrogen functional groups attached to an aromatic ring is 3. The third-order valence-electron chi connectivity index (χ3n) is 8.57. The van der Waals surface area contributed by atoms with Crippen molar-refractivity contribution in [3.05, 3.63) is 192 Å². The van der Waals surface area contributed by atoms with E-state index in [4.69, 9.17) is 17.2 Å². The quantitative estimate of drug-likeness (QED) is 0.0650. The number of hydrogen-bond acceptors (Lipinski definition) is 7. The van der Waals surface area contributed by atoms with Crippen molar-refractivity contribution in [2.24, 2.45) is 0 Å². The summed E-state index contributed by atoms with van der Waals surface area (Å²) in [6.45, 7) is 0.971. The van der Waals surface area contributed by atoms with Gasteiger partial charge in [0.15, 0.2) is 0 Å². The van der Waals surface area contributed by atoms with Crippen LogP contribution in [0.3, 0.4) is 0 Å². The first-order valence-corrected chi connectivity index (χ1v) is 16.4. The van der Waals surface area contributed by atoms with E-state index in [0.717, 1.165) is 22.4 Å². The van der Waals surface area contributed by atoms with Gasteiger partial charge < -0.3 is 32.3 Å². The molecule has 0 aliphatic heterocycles. The topological polar surface area (TPSA) is 134 Å². The zero-order valence-corrected chi connectivity index (χ0v) is 27.6. The van der Waals surface area contributed by atoms with Crippen molar-refractivity contribution in [3.63, 3.8) is 0 Å². The molecule has 0 heterocycles. The van der Waals surface area contributed by atoms with Gasteiger partial charge in [-0.2, -0.15) is 0 Å². The number of para-hydroxylation sites is 4. The number of rotatable bonds is 12. The summed E-state index contributed by atoms with van der Waals surface area (Å²) in [4.78, 5) is 2.17. The van der Waals surface area contributed by atoms with Crippen molar-refractivity contribution in [2.75, 3.05) is 48.4 Å². The van der Waals surface area contributed by atoms with Crippen LogP contribution in [0.1, 0.15) is 33.9 Å². The van der Waals surface area contributed by atoms with Crippen LogP contribution < -0.4 is 27.4 Å². The molecule has 7 nitrogen and oxygen atoms in total. The summed E-state index contributed by atoms with van der Waals surface area (Å²) in [5, 5.41) is 22.6. The van der Waals surface area contributed by atoms with Crippen LogP contribution in [0.25, 0.3) is 0 Å². The Morgan fingerprint density at radius 3 is 1.39 bits per heavy atom. The molecular weight excluding hydrogens is 606 g/mol. The highest BCUT2D eigenvalue weighted by atomic mass is 16.3. The number of hydrogen-bond donors (Lipinski definition) is 6. The molecule has 6 aromatic rings. The molecule has 6 aromatic carbocycles. The second-order valence-electron chi connectivity index (χ2n) is 11.6. The molecule has 6 rings (SSSR count). The largest absolute Gasteiger partial charge is 0.398 e. The van der Waals surface area contributed by atoms with Gasteiger partial charge in [-0.15, -0.1) is 0 Å². The molecule has 0 bridgehead atoms. The van der Waals surface area contributed by atoms with Crippen LogP contribution in [0.2, 0.25) is 0 Å². The Kier molecular flexibility index (Phi) is 12.0. The van der Waals surface area contributed by atoms with Gasteiger partial charge in [0.2, 0.25) is 0 Å². The second kappa shape index (κ2) is 17.0. The fourth-order valence-electron chi connectivity index (χ4n) is 6.43. The first kappa shape index (κ1) is 34.7. The van der Waals surface area contributed by atoms with E-state index in [-0.39, 0.29) is 19.3 Å². The van der Waals surface area contributed by atoms with Crippen molar-refractivity contribution >= 4 is 22.7 Å². The van der Waals surface area contributed by atoms with Crippen LogP contribution in [0.5, 0.6) is 0 Å². The van der Waals surface area contributed by atoms with Gasteiger partial charge in [0.05, 0.1) is 36.2 Å². The van der Waals surface area contributed by atoms with Crippen LogP contribution in [-0.4, -0.2) is 36.5 Å². The summed E-state index contributed by atoms with van der Waals surface area (Å²) in [6.07, 6.45) is 0. The smallest absolute Gasteiger partial charge is 0.0988 e. The monoisotopic (exact) mass is 651 g/mol. The van der Waals surface area contributed by atoms with Gasteiger partial charge in [0.1, 0.15) is 0 Å². The number of aliphatic hydroxyl groups is 2. The lowest BCUT2D eigenvalue weighted by atomic mass is 9.75. The summed E-state index contributed by atoms with van der Waals surface area (Å²) in [5.74, 6) is 0. The van der Waals surface area contributed by atoms with Crippen molar-refractivity contribution in [1.82, 2.24) is 5.32 Å². The van der Waals surface area contributed by atoms with Crippen molar-refractivity contribution < 1.29 is 10.2 Å². The fraction of sp³-hybridized carbons (Fsp3) is 0.143. The predicted molar refractivity (Wildman–Crippen MR) is 203 cm³/mol. The summed E-state index contributed by atoms with van der Waals surface area (Å²) in [5.41, 5.74) is 26.3. The average Bonchev–Trinajstić information content (AvgIpc) is 3.15. The van der Waals surface area contributed by atoms with Crippen LogP contribution in [-0.2, 0) is 5.54 Å². The number of nitrogens with one attached hydrogen (secondary N) is 1. The second-order valence-corrected chi connectivity index (χ2v) is 11.6. The van der Waals surface area contributed by atoms with E-state index < -0.39 is 5.54 Å². The van der Waals surface area contributed by atoms with E-state index in [0.29, 0.717) is 30.2 Å². The van der Waals surface area contributed by atoms with Gasteiger partial charge in [-0.05, 0) is 41.0 Å². The van der Waals surface area contributed by atoms with Gasteiger partial charge in [0.25, 0.3) is 0 Å². The molecule has 9 N–H and O–H groups in total. The van der Waals surface area contributed by atoms with Crippen LogP contribution in [0, 0.1) is 0 Å². The Labute approximate surface area is 289 Å². The molecule has 0 fully saturated rings. The molecule has 0 radical (unpaired) electrons. The van der Waals surface area contributed by atoms with Gasteiger partial charge in [0, 0.05) is 35.6 Å². The van der Waals surface area contributed by atoms with Gasteiger partial charge in [-0.1, -0.05) is 140 Å². The van der Waals surface area contributed by atoms with E-state index >= 15 is 0 Å². The van der Waals surface area contributed by atoms with E-state index in [1.54, 1.807) is 0 Å². The molecular formula is C42H45N5O2. The minimum absolute atomic E-state index is 0.00800. The van der Waals surface area contributed by atoms with Crippen LogP contribution in [0.4, 0.5) is 22.7 Å². The van der Waals surface area contributed by atoms with E-state index in [9.17, 15) is 10.2 Å². The van der Waals surface area contributed by atoms with Crippen molar-refractivity contribution in [1.29, 1.82) is 0 Å². The highest BCUT2D eigenvalue weighted by Gasteiger charge is 2.38. The summed E-state index contributed by atoms with van der Waals surface area (Å²) >= 11 is 0. The molecule has 49 heavy (non-hydrogen) atoms. The lowest BCUT2D eigenvalue weighted by molar-refractivity contribution is 0.278. The molecule has 0 unspecified atom stereocenters. The minimum atomic E-state index is -0.749. The Hall–Kier alpha value is -5.60. The Bertz CT molecular complexity index is 1780. The molecule has 250 valence electrons. The van der Waals surface area contributed by atoms with Crippen LogP contribution in [0.15, 0.2) is 164 Å². The Morgan fingerprint density at radius 1 is 0.510 bits per heavy atom. The lowest BCUT2D eigenvalue weighted by Crippen LogP contribution is -2.46. The molecule has 0 saturated heterocycles. The highest BCUT2D eigenvalue weighted by Crippen LogP contribution is 2.42. The van der Waals surface area contributed by atoms with E-state index in [2.05, 4.69) is 34.5 Å². The molecule has 0 atom stereocenters. The third kappa shape index (κ3) is 7.93. The molecule has 0 spiro atoms. The van der Waals surface area contributed by atoms with Gasteiger partial charge in [-0.25, -0.2) is 0 Å². The molecule has 0 aliphatic rings. The number of aliphatic hydroxyl groups excluding tert-OH is 2. The number of anilines is 4. The lowest BCUT2D eigenvalue weighted by Gasteiger charge is -2.38. The number of nitrogens with two attached hydrogens (primary N) is 3. The molecule has 0 aliphatic carbocycles. The first-order chi connectivity index (χ1) is 24.0. The molecule has 0 saturated carbocycles.